The van der Waals surface area contributed by atoms with Gasteiger partial charge >= 0.3 is 0 Å². The van der Waals surface area contributed by atoms with E-state index in [2.05, 4.69) is 10.3 Å². The van der Waals surface area contributed by atoms with Crippen molar-refractivity contribution in [3.05, 3.63) is 59.8 Å². The zero-order valence-corrected chi connectivity index (χ0v) is 15.2. The summed E-state index contributed by atoms with van der Waals surface area (Å²) in [7, 11) is 0. The molecule has 2 amide bonds. The van der Waals surface area contributed by atoms with Crippen molar-refractivity contribution >= 4 is 22.7 Å². The van der Waals surface area contributed by atoms with Crippen LogP contribution in [0.1, 0.15) is 33.7 Å². The second-order valence-corrected chi connectivity index (χ2v) is 7.01. The highest BCUT2D eigenvalue weighted by molar-refractivity contribution is 5.98. The average molecular weight is 379 g/mol. The van der Waals surface area contributed by atoms with Gasteiger partial charge in [-0.15, -0.1) is 0 Å². The fourth-order valence-electron chi connectivity index (χ4n) is 3.52. The zero-order valence-electron chi connectivity index (χ0n) is 15.2. The number of H-pyrrole nitrogens is 1. The number of hydrogen-bond acceptors (Lipinski definition) is 4. The molecule has 1 aliphatic heterocycles. The van der Waals surface area contributed by atoms with Crippen LogP contribution in [0.15, 0.2) is 48.5 Å². The van der Waals surface area contributed by atoms with Gasteiger partial charge in [-0.1, -0.05) is 18.2 Å². The van der Waals surface area contributed by atoms with Crippen molar-refractivity contribution in [3.63, 3.8) is 0 Å². The number of likely N-dealkylation sites (tertiary alicyclic amines) is 1. The maximum atomic E-state index is 12.6. The molecule has 2 aromatic carbocycles. The fraction of sp³-hybridized carbons (Fsp3) is 0.238. The molecule has 1 aliphatic rings. The molecule has 0 radical (unpaired) electrons. The molecule has 0 unspecified atom stereocenters. The molecule has 1 fully saturated rings. The minimum Gasteiger partial charge on any atom is -0.504 e. The Bertz CT molecular complexity index is 1000. The minimum atomic E-state index is -0.314. The third-order valence-corrected chi connectivity index (χ3v) is 5.11. The van der Waals surface area contributed by atoms with Crippen molar-refractivity contribution in [2.24, 2.45) is 0 Å². The summed E-state index contributed by atoms with van der Waals surface area (Å²) in [4.78, 5) is 29.9. The quantitative estimate of drug-likeness (QED) is 0.525. The van der Waals surface area contributed by atoms with Crippen molar-refractivity contribution in [1.29, 1.82) is 0 Å². The van der Waals surface area contributed by atoms with Crippen LogP contribution in [0.4, 0.5) is 0 Å². The van der Waals surface area contributed by atoms with Crippen LogP contribution in [-0.2, 0) is 0 Å². The second kappa shape index (κ2) is 7.26. The van der Waals surface area contributed by atoms with E-state index < -0.39 is 0 Å². The normalized spacial score (nSPS) is 14.9. The lowest BCUT2D eigenvalue weighted by atomic mass is 10.0. The fourth-order valence-corrected chi connectivity index (χ4v) is 3.52. The molecule has 0 bridgehead atoms. The van der Waals surface area contributed by atoms with E-state index >= 15 is 0 Å². The Hall–Kier alpha value is -3.48. The Kier molecular flexibility index (Phi) is 4.65. The molecule has 3 aromatic rings. The number of rotatable bonds is 3. The number of phenolic OH excluding ortho intramolecular Hbond substituents is 2. The molecule has 4 rings (SSSR count). The van der Waals surface area contributed by atoms with Gasteiger partial charge in [0, 0.05) is 35.6 Å². The number of aromatic nitrogens is 1. The van der Waals surface area contributed by atoms with Crippen LogP contribution in [0.3, 0.4) is 0 Å². The van der Waals surface area contributed by atoms with E-state index in [4.69, 9.17) is 0 Å². The molecule has 0 saturated carbocycles. The number of hydrogen-bond donors (Lipinski definition) is 4. The number of fused-ring (bicyclic) bond motifs is 1. The summed E-state index contributed by atoms with van der Waals surface area (Å²) in [5.41, 5.74) is 1.78. The van der Waals surface area contributed by atoms with Crippen LogP contribution in [0.2, 0.25) is 0 Å². The second-order valence-electron chi connectivity index (χ2n) is 7.01. The van der Waals surface area contributed by atoms with E-state index in [0.717, 1.165) is 10.9 Å². The first-order chi connectivity index (χ1) is 13.5. The van der Waals surface area contributed by atoms with E-state index in [9.17, 15) is 19.8 Å². The van der Waals surface area contributed by atoms with Gasteiger partial charge in [0.2, 0.25) is 0 Å². The van der Waals surface area contributed by atoms with Gasteiger partial charge in [0.15, 0.2) is 11.5 Å². The summed E-state index contributed by atoms with van der Waals surface area (Å²) >= 11 is 0. The van der Waals surface area contributed by atoms with Crippen LogP contribution in [0.5, 0.6) is 11.5 Å². The number of carbonyl (C=O) groups is 2. The SMILES string of the molecule is O=C(NC1CCN(C(=O)c2ccc(O)c(O)c2)CC1)c1cc2ccccc2[nH]1. The molecule has 144 valence electrons. The number of piperidine rings is 1. The topological polar surface area (TPSA) is 106 Å². The summed E-state index contributed by atoms with van der Waals surface area (Å²) < 4.78 is 0. The predicted molar refractivity (Wildman–Crippen MR) is 104 cm³/mol. The minimum absolute atomic E-state index is 0.00353. The maximum absolute atomic E-state index is 12.6. The van der Waals surface area contributed by atoms with E-state index in [1.165, 1.54) is 18.2 Å². The van der Waals surface area contributed by atoms with Crippen LogP contribution in [0, 0.1) is 0 Å². The largest absolute Gasteiger partial charge is 0.504 e. The van der Waals surface area contributed by atoms with Gasteiger partial charge in [0.05, 0.1) is 0 Å². The van der Waals surface area contributed by atoms with Crippen molar-refractivity contribution in [2.75, 3.05) is 13.1 Å². The molecule has 0 spiro atoms. The van der Waals surface area contributed by atoms with Crippen LogP contribution >= 0.6 is 0 Å². The Morgan fingerprint density at radius 3 is 2.46 bits per heavy atom. The smallest absolute Gasteiger partial charge is 0.267 e. The van der Waals surface area contributed by atoms with Crippen molar-refractivity contribution in [2.45, 2.75) is 18.9 Å². The van der Waals surface area contributed by atoms with E-state index in [1.807, 2.05) is 30.3 Å². The first kappa shape index (κ1) is 17.9. The summed E-state index contributed by atoms with van der Waals surface area (Å²) in [5.74, 6) is -0.915. The highest BCUT2D eigenvalue weighted by atomic mass is 16.3. The highest BCUT2D eigenvalue weighted by Gasteiger charge is 2.25. The molecule has 4 N–H and O–H groups in total. The Labute approximate surface area is 161 Å². The summed E-state index contributed by atoms with van der Waals surface area (Å²) in [6.07, 6.45) is 1.31. The van der Waals surface area contributed by atoms with Crippen molar-refractivity contribution in [1.82, 2.24) is 15.2 Å². The van der Waals surface area contributed by atoms with E-state index in [0.29, 0.717) is 37.2 Å². The van der Waals surface area contributed by atoms with Crippen LogP contribution in [0.25, 0.3) is 10.9 Å². The van der Waals surface area contributed by atoms with Gasteiger partial charge < -0.3 is 25.4 Å². The molecular weight excluding hydrogens is 358 g/mol. The molecule has 28 heavy (non-hydrogen) atoms. The third kappa shape index (κ3) is 3.51. The lowest BCUT2D eigenvalue weighted by Crippen LogP contribution is -2.46. The van der Waals surface area contributed by atoms with Gasteiger partial charge in [0.25, 0.3) is 11.8 Å². The van der Waals surface area contributed by atoms with Gasteiger partial charge in [-0.3, -0.25) is 9.59 Å². The summed E-state index contributed by atoms with van der Waals surface area (Å²) in [5, 5.41) is 23.0. The van der Waals surface area contributed by atoms with Gasteiger partial charge in [-0.25, -0.2) is 0 Å². The molecule has 2 heterocycles. The number of aromatic amines is 1. The first-order valence-electron chi connectivity index (χ1n) is 9.21. The third-order valence-electron chi connectivity index (χ3n) is 5.11. The molecular formula is C21H21N3O4. The monoisotopic (exact) mass is 379 g/mol. The molecule has 7 nitrogen and oxygen atoms in total. The number of nitrogens with one attached hydrogen (secondary N) is 2. The molecule has 0 aliphatic carbocycles. The number of benzene rings is 2. The number of phenols is 2. The number of amides is 2. The van der Waals surface area contributed by atoms with Gasteiger partial charge in [-0.2, -0.15) is 0 Å². The maximum Gasteiger partial charge on any atom is 0.267 e. The number of aromatic hydroxyl groups is 2. The highest BCUT2D eigenvalue weighted by Crippen LogP contribution is 2.26. The molecule has 1 saturated heterocycles. The standard InChI is InChI=1S/C21H21N3O4/c25-18-6-5-14(12-19(18)26)21(28)24-9-7-15(8-10-24)22-20(27)17-11-13-3-1-2-4-16(13)23-17/h1-6,11-12,15,23,25-26H,7-10H2,(H,22,27). The number of para-hydroxylation sites is 1. The lowest BCUT2D eigenvalue weighted by Gasteiger charge is -2.32. The summed E-state index contributed by atoms with van der Waals surface area (Å²) in [6, 6.07) is 13.6. The lowest BCUT2D eigenvalue weighted by molar-refractivity contribution is 0.0697. The Morgan fingerprint density at radius 1 is 1.00 bits per heavy atom. The molecule has 0 atom stereocenters. The number of nitrogens with zero attached hydrogens (tertiary/aromatic N) is 1. The van der Waals surface area contributed by atoms with E-state index in [1.54, 1.807) is 4.90 Å². The number of carbonyl (C=O) groups excluding carboxylic acids is 2. The van der Waals surface area contributed by atoms with Gasteiger partial charge in [0.1, 0.15) is 5.69 Å². The van der Waals surface area contributed by atoms with Crippen LogP contribution in [-0.4, -0.2) is 51.0 Å². The van der Waals surface area contributed by atoms with Crippen LogP contribution < -0.4 is 5.32 Å². The first-order valence-corrected chi connectivity index (χ1v) is 9.21. The van der Waals surface area contributed by atoms with Crippen molar-refractivity contribution < 1.29 is 19.8 Å². The van der Waals surface area contributed by atoms with Crippen molar-refractivity contribution in [3.8, 4) is 11.5 Å². The zero-order chi connectivity index (χ0) is 19.7. The van der Waals surface area contributed by atoms with E-state index in [-0.39, 0.29) is 29.4 Å². The van der Waals surface area contributed by atoms with Gasteiger partial charge in [-0.05, 0) is 43.2 Å². The Balaban J connectivity index is 1.35. The molecule has 7 heteroatoms. The molecule has 1 aromatic heterocycles. The summed E-state index contributed by atoms with van der Waals surface area (Å²) in [6.45, 7) is 1.02. The Morgan fingerprint density at radius 2 is 1.75 bits per heavy atom. The average Bonchev–Trinajstić information content (AvgIpc) is 3.14. The predicted octanol–water partition coefficient (Wildman–Crippen LogP) is 2.61.